The van der Waals surface area contributed by atoms with Gasteiger partial charge in [0.05, 0.1) is 5.25 Å². The molecule has 1 aromatic carbocycles. The van der Waals surface area contributed by atoms with Gasteiger partial charge < -0.3 is 5.73 Å². The molecule has 0 saturated carbocycles. The topological polar surface area (TPSA) is 80.9 Å². The first-order valence-corrected chi connectivity index (χ1v) is 9.55. The van der Waals surface area contributed by atoms with Gasteiger partial charge in [0.15, 0.2) is 0 Å². The van der Waals surface area contributed by atoms with Crippen LogP contribution < -0.4 is 11.1 Å². The van der Waals surface area contributed by atoms with Gasteiger partial charge in [-0.05, 0) is 30.4 Å². The van der Waals surface area contributed by atoms with Gasteiger partial charge in [0.1, 0.15) is 0 Å². The summed E-state index contributed by atoms with van der Waals surface area (Å²) in [4.78, 5) is 17.6. The summed E-state index contributed by atoms with van der Waals surface area (Å²) in [6.07, 6.45) is 0.723. The molecule has 1 unspecified atom stereocenters. The summed E-state index contributed by atoms with van der Waals surface area (Å²) in [5.41, 5.74) is 6.47. The second kappa shape index (κ2) is 8.40. The van der Waals surface area contributed by atoms with Crippen LogP contribution >= 0.6 is 35.1 Å². The van der Waals surface area contributed by atoms with E-state index in [0.717, 1.165) is 17.1 Å². The van der Waals surface area contributed by atoms with E-state index in [0.29, 0.717) is 16.0 Å². The number of nitrogens with zero attached hydrogens (tertiary/aromatic N) is 2. The van der Waals surface area contributed by atoms with Crippen LogP contribution in [-0.4, -0.2) is 26.3 Å². The zero-order valence-corrected chi connectivity index (χ0v) is 14.9. The molecule has 1 atom stereocenters. The molecule has 3 N–H and O–H groups in total. The van der Waals surface area contributed by atoms with E-state index in [1.807, 2.05) is 38.1 Å². The number of aromatic nitrogens is 2. The molecule has 8 heteroatoms. The van der Waals surface area contributed by atoms with Crippen molar-refractivity contribution in [2.75, 3.05) is 16.8 Å². The van der Waals surface area contributed by atoms with E-state index in [1.54, 1.807) is 11.8 Å². The van der Waals surface area contributed by atoms with Crippen molar-refractivity contribution in [1.82, 2.24) is 9.36 Å². The number of benzene rings is 1. The number of hydrogen-bond donors (Lipinski definition) is 2. The number of thioether (sulfide) groups is 2. The molecule has 22 heavy (non-hydrogen) atoms. The molecule has 1 heterocycles. The maximum atomic E-state index is 12.4. The SMILES string of the molecule is CCSc1nsc(NC(=O)C(CC)Sc2cccc(N)c2)n1. The highest BCUT2D eigenvalue weighted by Gasteiger charge is 2.19. The Labute approximate surface area is 142 Å². The highest BCUT2D eigenvalue weighted by molar-refractivity contribution is 8.00. The third-order valence-corrected chi connectivity index (χ3v) is 5.54. The number of hydrogen-bond acceptors (Lipinski definition) is 7. The summed E-state index contributed by atoms with van der Waals surface area (Å²) in [5.74, 6) is 0.853. The van der Waals surface area contributed by atoms with Gasteiger partial charge in [0, 0.05) is 22.1 Å². The summed E-state index contributed by atoms with van der Waals surface area (Å²) in [6, 6.07) is 7.56. The van der Waals surface area contributed by atoms with Crippen molar-refractivity contribution in [2.45, 2.75) is 35.6 Å². The fraction of sp³-hybridized carbons (Fsp3) is 0.357. The average molecular weight is 355 g/mol. The molecule has 2 aromatic rings. The van der Waals surface area contributed by atoms with E-state index < -0.39 is 0 Å². The van der Waals surface area contributed by atoms with Crippen LogP contribution in [0.5, 0.6) is 0 Å². The number of nitrogen functional groups attached to an aromatic ring is 1. The number of rotatable bonds is 7. The maximum Gasteiger partial charge on any atom is 0.239 e. The number of anilines is 2. The minimum absolute atomic E-state index is 0.0564. The van der Waals surface area contributed by atoms with E-state index in [1.165, 1.54) is 23.3 Å². The highest BCUT2D eigenvalue weighted by atomic mass is 32.2. The van der Waals surface area contributed by atoms with Crippen molar-refractivity contribution in [3.05, 3.63) is 24.3 Å². The molecule has 118 valence electrons. The van der Waals surface area contributed by atoms with E-state index in [4.69, 9.17) is 5.73 Å². The van der Waals surface area contributed by atoms with Crippen LogP contribution in [0.3, 0.4) is 0 Å². The van der Waals surface area contributed by atoms with Crippen LogP contribution in [0.4, 0.5) is 10.8 Å². The molecular weight excluding hydrogens is 336 g/mol. The summed E-state index contributed by atoms with van der Waals surface area (Å²) in [7, 11) is 0. The fourth-order valence-corrected chi connectivity index (χ4v) is 4.00. The molecule has 0 aliphatic rings. The van der Waals surface area contributed by atoms with E-state index in [-0.39, 0.29) is 11.2 Å². The van der Waals surface area contributed by atoms with Crippen molar-refractivity contribution in [1.29, 1.82) is 0 Å². The predicted molar refractivity (Wildman–Crippen MR) is 95.7 cm³/mol. The lowest BCUT2D eigenvalue weighted by atomic mass is 10.3. The first kappa shape index (κ1) is 17.1. The van der Waals surface area contributed by atoms with Crippen LogP contribution in [0.25, 0.3) is 0 Å². The Morgan fingerprint density at radius 1 is 1.45 bits per heavy atom. The molecule has 0 aliphatic carbocycles. The molecule has 1 amide bonds. The average Bonchev–Trinajstić information content (AvgIpc) is 2.92. The van der Waals surface area contributed by atoms with Gasteiger partial charge in [-0.15, -0.1) is 11.8 Å². The number of nitrogens with one attached hydrogen (secondary N) is 1. The Morgan fingerprint density at radius 3 is 2.95 bits per heavy atom. The second-order valence-electron chi connectivity index (χ2n) is 4.39. The molecule has 0 fully saturated rings. The van der Waals surface area contributed by atoms with Gasteiger partial charge in [-0.25, -0.2) is 0 Å². The summed E-state index contributed by atoms with van der Waals surface area (Å²) >= 11 is 4.28. The summed E-state index contributed by atoms with van der Waals surface area (Å²) in [5, 5.41) is 3.92. The zero-order chi connectivity index (χ0) is 15.9. The lowest BCUT2D eigenvalue weighted by molar-refractivity contribution is -0.115. The molecule has 1 aromatic heterocycles. The molecule has 0 radical (unpaired) electrons. The maximum absolute atomic E-state index is 12.4. The largest absolute Gasteiger partial charge is 0.399 e. The molecule has 0 spiro atoms. The molecular formula is C14H18N4OS3. The van der Waals surface area contributed by atoms with Crippen LogP contribution in [0.2, 0.25) is 0 Å². The molecule has 2 rings (SSSR count). The van der Waals surface area contributed by atoms with Gasteiger partial charge >= 0.3 is 0 Å². The Kier molecular flexibility index (Phi) is 6.53. The minimum atomic E-state index is -0.187. The van der Waals surface area contributed by atoms with Crippen LogP contribution in [0.1, 0.15) is 20.3 Å². The molecule has 0 bridgehead atoms. The number of amides is 1. The van der Waals surface area contributed by atoms with Crippen molar-refractivity contribution in [3.63, 3.8) is 0 Å². The number of carbonyl (C=O) groups is 1. The first-order valence-electron chi connectivity index (χ1n) is 6.92. The molecule has 0 aliphatic heterocycles. The molecule has 0 saturated heterocycles. The predicted octanol–water partition coefficient (Wildman–Crippen LogP) is 3.74. The van der Waals surface area contributed by atoms with Gasteiger partial charge in [-0.1, -0.05) is 31.7 Å². The van der Waals surface area contributed by atoms with Gasteiger partial charge in [0.2, 0.25) is 16.2 Å². The molecule has 5 nitrogen and oxygen atoms in total. The smallest absolute Gasteiger partial charge is 0.239 e. The van der Waals surface area contributed by atoms with Gasteiger partial charge in [0.25, 0.3) is 0 Å². The minimum Gasteiger partial charge on any atom is -0.399 e. The quantitative estimate of drug-likeness (QED) is 0.582. The lowest BCUT2D eigenvalue weighted by Crippen LogP contribution is -2.24. The Morgan fingerprint density at radius 2 is 2.27 bits per heavy atom. The Balaban J connectivity index is 1.98. The van der Waals surface area contributed by atoms with Crippen LogP contribution in [0, 0.1) is 0 Å². The van der Waals surface area contributed by atoms with Crippen molar-refractivity contribution in [2.24, 2.45) is 0 Å². The monoisotopic (exact) mass is 354 g/mol. The van der Waals surface area contributed by atoms with Crippen molar-refractivity contribution in [3.8, 4) is 0 Å². The van der Waals surface area contributed by atoms with Gasteiger partial charge in [-0.3, -0.25) is 10.1 Å². The van der Waals surface area contributed by atoms with Crippen LogP contribution in [0.15, 0.2) is 34.3 Å². The van der Waals surface area contributed by atoms with Crippen LogP contribution in [-0.2, 0) is 4.79 Å². The summed E-state index contributed by atoms with van der Waals surface area (Å²) in [6.45, 7) is 4.03. The lowest BCUT2D eigenvalue weighted by Gasteiger charge is -2.13. The fourth-order valence-electron chi connectivity index (χ4n) is 1.71. The van der Waals surface area contributed by atoms with Crippen molar-refractivity contribution < 1.29 is 4.79 Å². The Bertz CT molecular complexity index is 632. The number of nitrogens with two attached hydrogens (primary N) is 1. The number of carbonyl (C=O) groups excluding carboxylic acids is 1. The van der Waals surface area contributed by atoms with Gasteiger partial charge in [-0.2, -0.15) is 9.36 Å². The second-order valence-corrected chi connectivity index (χ2v) is 7.65. The highest BCUT2D eigenvalue weighted by Crippen LogP contribution is 2.28. The summed E-state index contributed by atoms with van der Waals surface area (Å²) < 4.78 is 4.20. The standard InChI is InChI=1S/C14H18N4OS3/c1-3-11(21-10-7-5-6-9(15)8-10)12(19)16-13-17-14(18-22-13)20-4-2/h5-8,11H,3-4,15H2,1-2H3,(H,16,17,18,19). The third kappa shape index (κ3) is 4.89. The third-order valence-electron chi connectivity index (χ3n) is 2.71. The van der Waals surface area contributed by atoms with E-state index >= 15 is 0 Å². The first-order chi connectivity index (χ1) is 10.6. The van der Waals surface area contributed by atoms with Crippen molar-refractivity contribution >= 4 is 51.8 Å². The van der Waals surface area contributed by atoms with E-state index in [2.05, 4.69) is 14.7 Å². The zero-order valence-electron chi connectivity index (χ0n) is 12.4. The Hall–Kier alpha value is -1.25. The normalized spacial score (nSPS) is 12.1. The van der Waals surface area contributed by atoms with E-state index in [9.17, 15) is 4.79 Å².